The van der Waals surface area contributed by atoms with Crippen LogP contribution in [0.5, 0.6) is 0 Å². The quantitative estimate of drug-likeness (QED) is 0.777. The van der Waals surface area contributed by atoms with Crippen molar-refractivity contribution in [2.45, 2.75) is 19.3 Å². The fraction of sp³-hybridized carbons (Fsp3) is 0.500. The number of rotatable bonds is 1. The van der Waals surface area contributed by atoms with Gasteiger partial charge < -0.3 is 4.90 Å². The molecule has 0 N–H and O–H groups in total. The van der Waals surface area contributed by atoms with Gasteiger partial charge >= 0.3 is 0 Å². The van der Waals surface area contributed by atoms with Crippen LogP contribution in [0.2, 0.25) is 5.15 Å². The van der Waals surface area contributed by atoms with Gasteiger partial charge in [0.05, 0.1) is 5.69 Å². The van der Waals surface area contributed by atoms with Crippen molar-refractivity contribution >= 4 is 22.9 Å². The van der Waals surface area contributed by atoms with Gasteiger partial charge in [0.25, 0.3) is 0 Å². The lowest BCUT2D eigenvalue weighted by Crippen LogP contribution is -2.60. The van der Waals surface area contributed by atoms with E-state index >= 15 is 0 Å². The molecule has 0 unspecified atom stereocenters. The van der Waals surface area contributed by atoms with Crippen LogP contribution in [-0.4, -0.2) is 27.7 Å². The first kappa shape index (κ1) is 9.71. The predicted molar refractivity (Wildman–Crippen MR) is 66.5 cm³/mol. The molecule has 0 radical (unpaired) electrons. The molecule has 0 bridgehead atoms. The largest absolute Gasteiger partial charge is 0.367 e. The summed E-state index contributed by atoms with van der Waals surface area (Å²) in [6.07, 6.45) is 7.76. The van der Waals surface area contributed by atoms with Crippen molar-refractivity contribution in [3.8, 4) is 0 Å². The zero-order valence-corrected chi connectivity index (χ0v) is 10.2. The molecule has 4 nitrogen and oxygen atoms in total. The predicted octanol–water partition coefficient (Wildman–Crippen LogP) is 2.37. The minimum absolute atomic E-state index is 0.528. The van der Waals surface area contributed by atoms with E-state index in [0.717, 1.165) is 24.4 Å². The lowest BCUT2D eigenvalue weighted by Gasteiger charge is -2.56. The molecule has 2 aliphatic rings. The number of halogens is 1. The Balaban J connectivity index is 1.73. The van der Waals surface area contributed by atoms with Crippen molar-refractivity contribution in [1.82, 2.24) is 14.6 Å². The lowest BCUT2D eigenvalue weighted by molar-refractivity contribution is 0.0905. The molecule has 1 saturated heterocycles. The molecule has 2 fully saturated rings. The van der Waals surface area contributed by atoms with Crippen molar-refractivity contribution in [2.24, 2.45) is 5.41 Å². The van der Waals surface area contributed by atoms with E-state index in [-0.39, 0.29) is 0 Å². The number of aromatic nitrogens is 3. The van der Waals surface area contributed by atoms with E-state index in [1.807, 2.05) is 12.3 Å². The van der Waals surface area contributed by atoms with Crippen molar-refractivity contribution < 1.29 is 0 Å². The third-order valence-electron chi connectivity index (χ3n) is 4.12. The number of hydrogen-bond acceptors (Lipinski definition) is 3. The molecule has 0 aromatic carbocycles. The smallest absolute Gasteiger partial charge is 0.177 e. The molecule has 5 heteroatoms. The number of nitrogens with zero attached hydrogens (tertiary/aromatic N) is 4. The highest BCUT2D eigenvalue weighted by Crippen LogP contribution is 2.49. The second-order valence-corrected chi connectivity index (χ2v) is 5.64. The molecule has 0 amide bonds. The number of fused-ring (bicyclic) bond motifs is 1. The van der Waals surface area contributed by atoms with E-state index in [0.29, 0.717) is 10.6 Å². The summed E-state index contributed by atoms with van der Waals surface area (Å²) in [4.78, 5) is 6.72. The van der Waals surface area contributed by atoms with Crippen molar-refractivity contribution in [1.29, 1.82) is 0 Å². The van der Waals surface area contributed by atoms with Crippen LogP contribution in [0, 0.1) is 5.41 Å². The van der Waals surface area contributed by atoms with Crippen LogP contribution in [0.15, 0.2) is 18.5 Å². The molecule has 0 atom stereocenters. The number of hydrogen-bond donors (Lipinski definition) is 0. The second kappa shape index (κ2) is 3.13. The van der Waals surface area contributed by atoms with E-state index in [1.165, 1.54) is 19.3 Å². The fourth-order valence-corrected chi connectivity index (χ4v) is 3.21. The van der Waals surface area contributed by atoms with E-state index < -0.39 is 0 Å². The van der Waals surface area contributed by atoms with Gasteiger partial charge in [0.15, 0.2) is 10.8 Å². The molecule has 4 rings (SSSR count). The molecule has 2 aromatic rings. The first-order valence-corrected chi connectivity index (χ1v) is 6.39. The Hall–Kier alpha value is -1.29. The van der Waals surface area contributed by atoms with Crippen LogP contribution in [0.3, 0.4) is 0 Å². The Labute approximate surface area is 104 Å². The van der Waals surface area contributed by atoms with Crippen LogP contribution >= 0.6 is 11.6 Å². The summed E-state index contributed by atoms with van der Waals surface area (Å²) >= 11 is 6.04. The van der Waals surface area contributed by atoms with Gasteiger partial charge in [-0.2, -0.15) is 5.10 Å². The Kier molecular flexibility index (Phi) is 1.79. The topological polar surface area (TPSA) is 33.4 Å². The first-order chi connectivity index (χ1) is 8.26. The highest BCUT2D eigenvalue weighted by molar-refractivity contribution is 6.29. The van der Waals surface area contributed by atoms with Gasteiger partial charge in [0, 0.05) is 37.0 Å². The molecule has 1 aliphatic heterocycles. The molecule has 88 valence electrons. The van der Waals surface area contributed by atoms with E-state index in [1.54, 1.807) is 10.7 Å². The third kappa shape index (κ3) is 1.30. The molecule has 1 aliphatic carbocycles. The molecular formula is C12H13ClN4. The normalized spacial score (nSPS) is 21.6. The van der Waals surface area contributed by atoms with Gasteiger partial charge in [-0.25, -0.2) is 9.50 Å². The van der Waals surface area contributed by atoms with Crippen LogP contribution in [0.25, 0.3) is 5.65 Å². The van der Waals surface area contributed by atoms with Gasteiger partial charge in [-0.1, -0.05) is 18.0 Å². The summed E-state index contributed by atoms with van der Waals surface area (Å²) in [5.74, 6) is 0. The fourth-order valence-electron chi connectivity index (χ4n) is 3.03. The average Bonchev–Trinajstić information content (AvgIpc) is 2.60. The summed E-state index contributed by atoms with van der Waals surface area (Å²) in [5, 5.41) is 4.73. The van der Waals surface area contributed by atoms with Gasteiger partial charge in [0.1, 0.15) is 0 Å². The van der Waals surface area contributed by atoms with E-state index in [4.69, 9.17) is 11.6 Å². The Morgan fingerprint density at radius 2 is 2.12 bits per heavy atom. The second-order valence-electron chi connectivity index (χ2n) is 5.26. The standard InChI is InChI=1S/C12H13ClN4/c13-10-6-9(11-14-4-5-17(11)15-10)16-7-12(8-16)2-1-3-12/h4-6H,1-3,7-8H2. The highest BCUT2D eigenvalue weighted by atomic mass is 35.5. The lowest BCUT2D eigenvalue weighted by atomic mass is 9.63. The SMILES string of the molecule is Clc1cc(N2CC3(CCC3)C2)c2nccn2n1. The third-order valence-corrected chi connectivity index (χ3v) is 4.30. The number of imidazole rings is 1. The monoisotopic (exact) mass is 248 g/mol. The van der Waals surface area contributed by atoms with Crippen LogP contribution in [0.1, 0.15) is 19.3 Å². The van der Waals surface area contributed by atoms with Crippen molar-refractivity contribution in [3.63, 3.8) is 0 Å². The molecule has 1 spiro atoms. The van der Waals surface area contributed by atoms with Crippen molar-refractivity contribution in [2.75, 3.05) is 18.0 Å². The summed E-state index contributed by atoms with van der Waals surface area (Å²) < 4.78 is 1.75. The molecule has 1 saturated carbocycles. The van der Waals surface area contributed by atoms with Crippen molar-refractivity contribution in [3.05, 3.63) is 23.6 Å². The zero-order chi connectivity index (χ0) is 11.5. The summed E-state index contributed by atoms with van der Waals surface area (Å²) in [5.41, 5.74) is 2.63. The van der Waals surface area contributed by atoms with Gasteiger partial charge in [-0.15, -0.1) is 0 Å². The van der Waals surface area contributed by atoms with E-state index in [9.17, 15) is 0 Å². The highest BCUT2D eigenvalue weighted by Gasteiger charge is 2.47. The van der Waals surface area contributed by atoms with E-state index in [2.05, 4.69) is 15.0 Å². The summed E-state index contributed by atoms with van der Waals surface area (Å²) in [7, 11) is 0. The molecule has 2 aromatic heterocycles. The van der Waals surface area contributed by atoms with Gasteiger partial charge in [-0.3, -0.25) is 0 Å². The minimum Gasteiger partial charge on any atom is -0.367 e. The van der Waals surface area contributed by atoms with Crippen LogP contribution < -0.4 is 4.90 Å². The summed E-state index contributed by atoms with van der Waals surface area (Å²) in [6.45, 7) is 2.30. The maximum absolute atomic E-state index is 6.04. The minimum atomic E-state index is 0.528. The summed E-state index contributed by atoms with van der Waals surface area (Å²) in [6, 6.07) is 1.93. The maximum atomic E-state index is 6.04. The van der Waals surface area contributed by atoms with Crippen LogP contribution in [0.4, 0.5) is 5.69 Å². The average molecular weight is 249 g/mol. The Morgan fingerprint density at radius 1 is 1.29 bits per heavy atom. The zero-order valence-electron chi connectivity index (χ0n) is 9.43. The molecule has 17 heavy (non-hydrogen) atoms. The van der Waals surface area contributed by atoms with Crippen LogP contribution in [-0.2, 0) is 0 Å². The van der Waals surface area contributed by atoms with Gasteiger partial charge in [0.2, 0.25) is 0 Å². The Morgan fingerprint density at radius 3 is 2.82 bits per heavy atom. The maximum Gasteiger partial charge on any atom is 0.177 e. The molecular weight excluding hydrogens is 236 g/mol. The first-order valence-electron chi connectivity index (χ1n) is 6.01. The molecule has 3 heterocycles. The Bertz CT molecular complexity index is 579. The number of anilines is 1. The van der Waals surface area contributed by atoms with Gasteiger partial charge in [-0.05, 0) is 12.8 Å².